The maximum Gasteiger partial charge on any atom is 0.338 e. The Kier molecular flexibility index (Phi) is 4.60. The fraction of sp³-hybridized carbons (Fsp3) is 0.353. The number of rotatable bonds is 5. The standard InChI is InChI=1S/C17H20N4O4/c1-5-25-16(22)14-10(2)20-17-18-9-19-21(17)15(14)12-7-6-11(23-3)8-13(12)24-4/h6-9,15H,5H2,1-4H3,(H,18,19,20)/t15-/m0/s1. The second-order valence-electron chi connectivity index (χ2n) is 5.42. The molecule has 1 aliphatic heterocycles. The molecular weight excluding hydrogens is 324 g/mol. The average molecular weight is 344 g/mol. The molecule has 8 heteroatoms. The van der Waals surface area contributed by atoms with Crippen LogP contribution in [0.3, 0.4) is 0 Å². The zero-order valence-corrected chi connectivity index (χ0v) is 14.6. The summed E-state index contributed by atoms with van der Waals surface area (Å²) in [5.74, 6) is 1.39. The number of hydrogen-bond donors (Lipinski definition) is 1. The number of anilines is 1. The van der Waals surface area contributed by atoms with E-state index in [2.05, 4.69) is 15.4 Å². The quantitative estimate of drug-likeness (QED) is 0.832. The highest BCUT2D eigenvalue weighted by atomic mass is 16.5. The number of nitrogens with one attached hydrogen (secondary N) is 1. The van der Waals surface area contributed by atoms with Gasteiger partial charge in [0.15, 0.2) is 0 Å². The monoisotopic (exact) mass is 344 g/mol. The first kappa shape index (κ1) is 16.8. The molecule has 132 valence electrons. The Morgan fingerprint density at radius 3 is 2.80 bits per heavy atom. The highest BCUT2D eigenvalue weighted by Gasteiger charge is 2.36. The van der Waals surface area contributed by atoms with Crippen molar-refractivity contribution in [3.8, 4) is 11.5 Å². The van der Waals surface area contributed by atoms with Crippen molar-refractivity contribution in [3.05, 3.63) is 41.4 Å². The minimum atomic E-state index is -0.515. The summed E-state index contributed by atoms with van der Waals surface area (Å²) >= 11 is 0. The highest BCUT2D eigenvalue weighted by Crippen LogP contribution is 2.40. The van der Waals surface area contributed by atoms with Crippen LogP contribution >= 0.6 is 0 Å². The minimum Gasteiger partial charge on any atom is -0.497 e. The van der Waals surface area contributed by atoms with Crippen LogP contribution in [0.2, 0.25) is 0 Å². The largest absolute Gasteiger partial charge is 0.497 e. The van der Waals surface area contributed by atoms with E-state index in [9.17, 15) is 4.79 Å². The Balaban J connectivity index is 2.18. The van der Waals surface area contributed by atoms with E-state index in [1.54, 1.807) is 31.9 Å². The van der Waals surface area contributed by atoms with Gasteiger partial charge in [0, 0.05) is 17.3 Å². The van der Waals surface area contributed by atoms with Crippen LogP contribution in [0.1, 0.15) is 25.5 Å². The summed E-state index contributed by atoms with van der Waals surface area (Å²) in [7, 11) is 3.16. The summed E-state index contributed by atoms with van der Waals surface area (Å²) in [6.45, 7) is 3.87. The normalized spacial score (nSPS) is 16.1. The van der Waals surface area contributed by atoms with E-state index in [4.69, 9.17) is 14.2 Å². The third kappa shape index (κ3) is 2.90. The van der Waals surface area contributed by atoms with E-state index in [0.29, 0.717) is 28.7 Å². The molecule has 1 aromatic carbocycles. The number of aromatic nitrogens is 3. The second kappa shape index (κ2) is 6.84. The van der Waals surface area contributed by atoms with Crippen LogP contribution in [0.4, 0.5) is 5.95 Å². The summed E-state index contributed by atoms with van der Waals surface area (Å²) < 4.78 is 17.7. The fourth-order valence-corrected chi connectivity index (χ4v) is 2.90. The topological polar surface area (TPSA) is 87.5 Å². The molecule has 0 bridgehead atoms. The Hall–Kier alpha value is -3.03. The van der Waals surface area contributed by atoms with Gasteiger partial charge >= 0.3 is 5.97 Å². The lowest BCUT2D eigenvalue weighted by Crippen LogP contribution is -2.30. The number of ether oxygens (including phenoxy) is 3. The highest BCUT2D eigenvalue weighted by molar-refractivity contribution is 5.92. The molecule has 0 radical (unpaired) electrons. The second-order valence-corrected chi connectivity index (χ2v) is 5.42. The molecule has 1 atom stereocenters. The molecule has 0 spiro atoms. The lowest BCUT2D eigenvalue weighted by atomic mass is 9.95. The number of benzene rings is 1. The lowest BCUT2D eigenvalue weighted by Gasteiger charge is -2.29. The fourth-order valence-electron chi connectivity index (χ4n) is 2.90. The van der Waals surface area contributed by atoms with Crippen molar-refractivity contribution < 1.29 is 19.0 Å². The van der Waals surface area contributed by atoms with Gasteiger partial charge in [-0.25, -0.2) is 9.48 Å². The van der Waals surface area contributed by atoms with Crippen molar-refractivity contribution in [2.45, 2.75) is 19.9 Å². The zero-order valence-electron chi connectivity index (χ0n) is 14.6. The molecule has 25 heavy (non-hydrogen) atoms. The van der Waals surface area contributed by atoms with E-state index in [0.717, 1.165) is 5.56 Å². The Morgan fingerprint density at radius 2 is 2.12 bits per heavy atom. The summed E-state index contributed by atoms with van der Waals surface area (Å²) in [5.41, 5.74) is 1.89. The first-order valence-corrected chi connectivity index (χ1v) is 7.87. The number of hydrogen-bond acceptors (Lipinski definition) is 7. The van der Waals surface area contributed by atoms with Gasteiger partial charge < -0.3 is 19.5 Å². The van der Waals surface area contributed by atoms with Crippen LogP contribution in [-0.2, 0) is 9.53 Å². The first-order valence-electron chi connectivity index (χ1n) is 7.87. The van der Waals surface area contributed by atoms with Crippen molar-refractivity contribution in [3.63, 3.8) is 0 Å². The number of carbonyl (C=O) groups is 1. The third-order valence-electron chi connectivity index (χ3n) is 4.02. The number of carbonyl (C=O) groups excluding carboxylic acids is 1. The van der Waals surface area contributed by atoms with Gasteiger partial charge in [-0.1, -0.05) is 0 Å². The molecule has 1 aromatic heterocycles. The van der Waals surface area contributed by atoms with Crippen LogP contribution in [0.5, 0.6) is 11.5 Å². The molecule has 2 aromatic rings. The van der Waals surface area contributed by atoms with Gasteiger partial charge in [-0.3, -0.25) is 0 Å². The molecular formula is C17H20N4O4. The minimum absolute atomic E-state index is 0.284. The average Bonchev–Trinajstić information content (AvgIpc) is 3.08. The van der Waals surface area contributed by atoms with Crippen LogP contribution in [0, 0.1) is 0 Å². The van der Waals surface area contributed by atoms with Gasteiger partial charge in [0.1, 0.15) is 23.9 Å². The number of allylic oxidation sites excluding steroid dienone is 1. The van der Waals surface area contributed by atoms with Gasteiger partial charge in [-0.15, -0.1) is 0 Å². The molecule has 1 N–H and O–H groups in total. The summed E-state index contributed by atoms with van der Waals surface area (Å²) in [6, 6.07) is 4.92. The van der Waals surface area contributed by atoms with E-state index >= 15 is 0 Å². The maximum atomic E-state index is 12.6. The molecule has 0 fully saturated rings. The SMILES string of the molecule is CCOC(=O)C1=C(C)Nc2ncnn2[C@H]1c1ccc(OC)cc1OC. The van der Waals surface area contributed by atoms with E-state index in [1.165, 1.54) is 6.33 Å². The molecule has 1 aliphatic rings. The smallest absolute Gasteiger partial charge is 0.338 e. The van der Waals surface area contributed by atoms with Gasteiger partial charge in [0.05, 0.1) is 26.4 Å². The molecule has 8 nitrogen and oxygen atoms in total. The van der Waals surface area contributed by atoms with E-state index in [1.807, 2.05) is 19.1 Å². The van der Waals surface area contributed by atoms with Gasteiger partial charge in [0.2, 0.25) is 5.95 Å². The maximum absolute atomic E-state index is 12.6. The summed E-state index contributed by atoms with van der Waals surface area (Å²) in [5, 5.41) is 7.37. The van der Waals surface area contributed by atoms with Crippen molar-refractivity contribution in [1.29, 1.82) is 0 Å². The number of fused-ring (bicyclic) bond motifs is 1. The molecule has 2 heterocycles. The Bertz CT molecular complexity index is 828. The molecule has 0 amide bonds. The van der Waals surface area contributed by atoms with Gasteiger partial charge in [-0.2, -0.15) is 10.1 Å². The molecule has 0 aliphatic carbocycles. The number of nitrogens with zero attached hydrogens (tertiary/aromatic N) is 3. The number of methoxy groups -OCH3 is 2. The Labute approximate surface area is 145 Å². The van der Waals surface area contributed by atoms with E-state index in [-0.39, 0.29) is 6.61 Å². The molecule has 0 saturated carbocycles. The van der Waals surface area contributed by atoms with Crippen LogP contribution in [0.25, 0.3) is 0 Å². The first-order chi connectivity index (χ1) is 12.1. The summed E-state index contributed by atoms with van der Waals surface area (Å²) in [4.78, 5) is 16.8. The van der Waals surface area contributed by atoms with Crippen molar-refractivity contribution >= 4 is 11.9 Å². The summed E-state index contributed by atoms with van der Waals surface area (Å²) in [6.07, 6.45) is 1.44. The van der Waals surface area contributed by atoms with Crippen molar-refractivity contribution in [1.82, 2.24) is 14.8 Å². The van der Waals surface area contributed by atoms with Crippen molar-refractivity contribution in [2.24, 2.45) is 0 Å². The zero-order chi connectivity index (χ0) is 18.0. The molecule has 0 saturated heterocycles. The van der Waals surface area contributed by atoms with Crippen LogP contribution in [0.15, 0.2) is 35.8 Å². The molecule has 0 unspecified atom stereocenters. The Morgan fingerprint density at radius 1 is 1.32 bits per heavy atom. The van der Waals surface area contributed by atoms with Crippen molar-refractivity contribution in [2.75, 3.05) is 26.1 Å². The molecule has 3 rings (SSSR count). The van der Waals surface area contributed by atoms with Crippen LogP contribution < -0.4 is 14.8 Å². The van der Waals surface area contributed by atoms with Gasteiger partial charge in [0.25, 0.3) is 0 Å². The lowest BCUT2D eigenvalue weighted by molar-refractivity contribution is -0.139. The van der Waals surface area contributed by atoms with Gasteiger partial charge in [-0.05, 0) is 26.0 Å². The van der Waals surface area contributed by atoms with E-state index < -0.39 is 12.0 Å². The van der Waals surface area contributed by atoms with Crippen LogP contribution in [-0.4, -0.2) is 41.6 Å². The third-order valence-corrected chi connectivity index (χ3v) is 4.02. The predicted octanol–water partition coefficient (Wildman–Crippen LogP) is 2.15. The predicted molar refractivity (Wildman–Crippen MR) is 90.7 cm³/mol. The number of esters is 1.